The van der Waals surface area contributed by atoms with E-state index in [1.807, 2.05) is 0 Å². The molecule has 0 unspecified atom stereocenters. The lowest BCUT2D eigenvalue weighted by molar-refractivity contribution is -0.122. The summed E-state index contributed by atoms with van der Waals surface area (Å²) in [6.07, 6.45) is 2.72. The van der Waals surface area contributed by atoms with E-state index in [0.717, 1.165) is 0 Å². The normalized spacial score (nSPS) is 26.8. The molecule has 0 aromatic heterocycles. The third kappa shape index (κ3) is 1.62. The molecule has 0 radical (unpaired) electrons. The van der Waals surface area contributed by atoms with Crippen LogP contribution in [0.25, 0.3) is 0 Å². The van der Waals surface area contributed by atoms with Crippen LogP contribution in [0.4, 0.5) is 0 Å². The van der Waals surface area contributed by atoms with Gasteiger partial charge in [-0.05, 0) is 12.2 Å². The number of hydrogen-bond donors (Lipinski definition) is 1. The lowest BCUT2D eigenvalue weighted by Crippen LogP contribution is -2.23. The molecular formula is C6H8O3. The summed E-state index contributed by atoms with van der Waals surface area (Å²) in [5.41, 5.74) is 0. The van der Waals surface area contributed by atoms with Gasteiger partial charge in [0.1, 0.15) is 6.61 Å². The number of carbonyl (C=O) groups is 1. The molecule has 50 valence electrons. The number of rotatable bonds is 1. The average Bonchev–Trinajstić information content (AvgIpc) is 1.90. The molecule has 0 fully saturated rings. The highest BCUT2D eigenvalue weighted by molar-refractivity contribution is 5.91. The highest BCUT2D eigenvalue weighted by atomic mass is 16.5. The van der Waals surface area contributed by atoms with E-state index in [2.05, 4.69) is 0 Å². The van der Waals surface area contributed by atoms with Crippen LogP contribution in [0.2, 0.25) is 0 Å². The number of aliphatic hydroxyl groups excluding tert-OH is 1. The number of ketones is 1. The molecule has 0 bridgehead atoms. The Kier molecular flexibility index (Phi) is 1.97. The van der Waals surface area contributed by atoms with Crippen molar-refractivity contribution in [1.82, 2.24) is 0 Å². The van der Waals surface area contributed by atoms with Crippen LogP contribution < -0.4 is 0 Å². The average molecular weight is 128 g/mol. The quantitative estimate of drug-likeness (QED) is 0.518. The van der Waals surface area contributed by atoms with Gasteiger partial charge in [-0.25, -0.2) is 0 Å². The molecule has 1 aliphatic heterocycles. The molecule has 3 nitrogen and oxygen atoms in total. The maximum Gasteiger partial charge on any atom is 0.181 e. The van der Waals surface area contributed by atoms with E-state index in [1.165, 1.54) is 6.08 Å². The van der Waals surface area contributed by atoms with Gasteiger partial charge in [0.25, 0.3) is 0 Å². The Balaban J connectivity index is 2.48. The molecule has 1 rings (SSSR count). The molecular weight excluding hydrogens is 120 g/mol. The molecule has 0 aromatic rings. The highest BCUT2D eigenvalue weighted by Crippen LogP contribution is 1.99. The number of hydrogen-bond acceptors (Lipinski definition) is 3. The van der Waals surface area contributed by atoms with Gasteiger partial charge in [0.15, 0.2) is 5.78 Å². The summed E-state index contributed by atoms with van der Waals surface area (Å²) in [6.45, 7) is 0.0471. The molecule has 1 aliphatic rings. The molecule has 1 N–H and O–H groups in total. The van der Waals surface area contributed by atoms with Gasteiger partial charge in [-0.2, -0.15) is 0 Å². The molecule has 1 atom stereocenters. The molecule has 0 amide bonds. The smallest absolute Gasteiger partial charge is 0.181 e. The second-order valence-corrected chi connectivity index (χ2v) is 1.86. The van der Waals surface area contributed by atoms with Crippen molar-refractivity contribution in [2.75, 3.05) is 13.2 Å². The van der Waals surface area contributed by atoms with Crippen LogP contribution in [-0.2, 0) is 9.53 Å². The third-order valence-electron chi connectivity index (χ3n) is 1.12. The Morgan fingerprint density at radius 2 is 2.67 bits per heavy atom. The number of carbonyl (C=O) groups excluding carboxylic acids is 1. The fourth-order valence-electron chi connectivity index (χ4n) is 0.621. The Hall–Kier alpha value is -0.670. The van der Waals surface area contributed by atoms with E-state index in [9.17, 15) is 4.79 Å². The lowest BCUT2D eigenvalue weighted by atomic mass is 10.2. The van der Waals surface area contributed by atoms with E-state index < -0.39 is 0 Å². The predicted octanol–water partition coefficient (Wildman–Crippen LogP) is -0.497. The molecule has 1 heterocycles. The molecule has 0 aliphatic carbocycles. The maximum absolute atomic E-state index is 10.4. The molecule has 9 heavy (non-hydrogen) atoms. The van der Waals surface area contributed by atoms with Gasteiger partial charge >= 0.3 is 0 Å². The van der Waals surface area contributed by atoms with Crippen LogP contribution in [-0.4, -0.2) is 30.2 Å². The van der Waals surface area contributed by atoms with Gasteiger partial charge in [0, 0.05) is 0 Å². The van der Waals surface area contributed by atoms with Crippen LogP contribution in [0.3, 0.4) is 0 Å². The van der Waals surface area contributed by atoms with E-state index in [0.29, 0.717) is 0 Å². The first-order chi connectivity index (χ1) is 4.33. The van der Waals surface area contributed by atoms with E-state index in [-0.39, 0.29) is 25.1 Å². The van der Waals surface area contributed by atoms with Crippen LogP contribution in [0.5, 0.6) is 0 Å². The first kappa shape index (κ1) is 6.45. The highest BCUT2D eigenvalue weighted by Gasteiger charge is 2.10. The Bertz CT molecular complexity index is 139. The van der Waals surface area contributed by atoms with Crippen molar-refractivity contribution in [3.8, 4) is 0 Å². The Labute approximate surface area is 52.9 Å². The van der Waals surface area contributed by atoms with Crippen molar-refractivity contribution < 1.29 is 14.6 Å². The molecule has 0 saturated carbocycles. The monoisotopic (exact) mass is 128 g/mol. The molecule has 0 spiro atoms. The van der Waals surface area contributed by atoms with Crippen molar-refractivity contribution in [2.24, 2.45) is 0 Å². The zero-order chi connectivity index (χ0) is 6.69. The third-order valence-corrected chi connectivity index (χ3v) is 1.12. The topological polar surface area (TPSA) is 46.5 Å². The largest absolute Gasteiger partial charge is 0.393 e. The summed E-state index contributed by atoms with van der Waals surface area (Å²) in [5, 5.41) is 8.49. The van der Waals surface area contributed by atoms with Crippen LogP contribution in [0, 0.1) is 0 Å². The zero-order valence-corrected chi connectivity index (χ0v) is 4.91. The lowest BCUT2D eigenvalue weighted by Gasteiger charge is -2.12. The molecule has 0 aromatic carbocycles. The van der Waals surface area contributed by atoms with Crippen LogP contribution >= 0.6 is 0 Å². The first-order valence-corrected chi connectivity index (χ1v) is 2.76. The standard InChI is InChI=1S/C6H8O3/c7-3-6-2-1-5(8)4-9-6/h1-2,6-7H,3-4H2/t6-/m0/s1. The second kappa shape index (κ2) is 2.75. The number of ether oxygens (including phenoxy) is 1. The minimum absolute atomic E-state index is 0.0419. The van der Waals surface area contributed by atoms with Gasteiger partial charge in [-0.3, -0.25) is 4.79 Å². The first-order valence-electron chi connectivity index (χ1n) is 2.76. The second-order valence-electron chi connectivity index (χ2n) is 1.86. The Morgan fingerprint density at radius 1 is 1.89 bits per heavy atom. The van der Waals surface area contributed by atoms with E-state index in [1.54, 1.807) is 6.08 Å². The van der Waals surface area contributed by atoms with Crippen LogP contribution in [0.15, 0.2) is 12.2 Å². The van der Waals surface area contributed by atoms with Crippen molar-refractivity contribution in [3.05, 3.63) is 12.2 Å². The Morgan fingerprint density at radius 3 is 3.11 bits per heavy atom. The maximum atomic E-state index is 10.4. The SMILES string of the molecule is O=C1C=C[C@@H](CO)OC1. The summed E-state index contributed by atoms with van der Waals surface area (Å²) < 4.78 is 4.85. The fourth-order valence-corrected chi connectivity index (χ4v) is 0.621. The van der Waals surface area contributed by atoms with Gasteiger partial charge in [-0.15, -0.1) is 0 Å². The summed E-state index contributed by atoms with van der Waals surface area (Å²) in [5.74, 6) is -0.0419. The van der Waals surface area contributed by atoms with Crippen molar-refractivity contribution in [3.63, 3.8) is 0 Å². The summed E-state index contributed by atoms with van der Waals surface area (Å²) in [4.78, 5) is 10.4. The number of aliphatic hydroxyl groups is 1. The minimum Gasteiger partial charge on any atom is -0.393 e. The van der Waals surface area contributed by atoms with E-state index in [4.69, 9.17) is 9.84 Å². The fraction of sp³-hybridized carbons (Fsp3) is 0.500. The van der Waals surface area contributed by atoms with Crippen molar-refractivity contribution >= 4 is 5.78 Å². The summed E-state index contributed by atoms with van der Waals surface area (Å²) in [6, 6.07) is 0. The summed E-state index contributed by atoms with van der Waals surface area (Å²) >= 11 is 0. The van der Waals surface area contributed by atoms with E-state index >= 15 is 0 Å². The van der Waals surface area contributed by atoms with Gasteiger partial charge in [0.2, 0.25) is 0 Å². The van der Waals surface area contributed by atoms with Gasteiger partial charge < -0.3 is 9.84 Å². The van der Waals surface area contributed by atoms with Crippen molar-refractivity contribution in [1.29, 1.82) is 0 Å². The van der Waals surface area contributed by atoms with Crippen LogP contribution in [0.1, 0.15) is 0 Å². The zero-order valence-electron chi connectivity index (χ0n) is 4.91. The molecule has 3 heteroatoms. The minimum atomic E-state index is -0.275. The van der Waals surface area contributed by atoms with Crippen molar-refractivity contribution in [2.45, 2.75) is 6.10 Å². The molecule has 0 saturated heterocycles. The summed E-state index contributed by atoms with van der Waals surface area (Å²) in [7, 11) is 0. The van der Waals surface area contributed by atoms with Gasteiger partial charge in [0.05, 0.1) is 12.7 Å². The van der Waals surface area contributed by atoms with Gasteiger partial charge in [-0.1, -0.05) is 0 Å². The predicted molar refractivity (Wildman–Crippen MR) is 31.0 cm³/mol.